The van der Waals surface area contributed by atoms with E-state index < -0.39 is 6.10 Å². The number of aromatic nitrogens is 1. The number of fused-ring (bicyclic) bond motifs is 1. The van der Waals surface area contributed by atoms with Gasteiger partial charge in [-0.2, -0.15) is 0 Å². The van der Waals surface area contributed by atoms with Gasteiger partial charge in [0.05, 0.1) is 5.69 Å². The molecule has 2 heterocycles. The normalized spacial score (nSPS) is 12.8. The summed E-state index contributed by atoms with van der Waals surface area (Å²) in [6.45, 7) is 1.92. The number of pyridine rings is 1. The molecule has 0 spiro atoms. The van der Waals surface area contributed by atoms with E-state index in [1.807, 2.05) is 13.0 Å². The Hall–Kier alpha value is -2.20. The van der Waals surface area contributed by atoms with E-state index in [1.54, 1.807) is 24.4 Å². The number of halogens is 1. The molecule has 2 aromatic heterocycles. The van der Waals surface area contributed by atoms with Crippen molar-refractivity contribution in [2.24, 2.45) is 0 Å². The standard InChI is InChI=1S/C15H12FNO2/c1-9-2-4-12(17-8-9)15(18)14-7-10-6-11(16)3-5-13(10)19-14/h2-8,15,18H,1H3. The van der Waals surface area contributed by atoms with Crippen LogP contribution >= 0.6 is 0 Å². The second-order valence-electron chi connectivity index (χ2n) is 4.49. The third kappa shape index (κ3) is 2.22. The zero-order valence-electron chi connectivity index (χ0n) is 10.3. The minimum Gasteiger partial charge on any atom is -0.458 e. The number of hydrogen-bond acceptors (Lipinski definition) is 3. The Morgan fingerprint density at radius 3 is 2.79 bits per heavy atom. The number of aliphatic hydroxyl groups excluding tert-OH is 1. The number of furan rings is 1. The van der Waals surface area contributed by atoms with Crippen LogP contribution in [0.1, 0.15) is 23.1 Å². The summed E-state index contributed by atoms with van der Waals surface area (Å²) in [5.74, 6) is 0.0275. The third-order valence-corrected chi connectivity index (χ3v) is 2.98. The molecule has 1 unspecified atom stereocenters. The number of hydrogen-bond donors (Lipinski definition) is 1. The first-order chi connectivity index (χ1) is 9.13. The molecular weight excluding hydrogens is 245 g/mol. The second kappa shape index (κ2) is 4.48. The quantitative estimate of drug-likeness (QED) is 0.765. The summed E-state index contributed by atoms with van der Waals surface area (Å²) in [6, 6.07) is 9.49. The summed E-state index contributed by atoms with van der Waals surface area (Å²) < 4.78 is 18.6. The molecule has 96 valence electrons. The van der Waals surface area contributed by atoms with Crippen LogP contribution in [-0.4, -0.2) is 10.1 Å². The van der Waals surface area contributed by atoms with Crippen LogP contribution in [-0.2, 0) is 0 Å². The first-order valence-electron chi connectivity index (χ1n) is 5.93. The fraction of sp³-hybridized carbons (Fsp3) is 0.133. The highest BCUT2D eigenvalue weighted by atomic mass is 19.1. The highest BCUT2D eigenvalue weighted by molar-refractivity contribution is 5.78. The molecule has 0 aliphatic heterocycles. The van der Waals surface area contributed by atoms with Crippen molar-refractivity contribution in [2.75, 3.05) is 0 Å². The van der Waals surface area contributed by atoms with Crippen molar-refractivity contribution in [3.63, 3.8) is 0 Å². The number of nitrogens with zero attached hydrogens (tertiary/aromatic N) is 1. The van der Waals surface area contributed by atoms with E-state index in [0.29, 0.717) is 22.4 Å². The van der Waals surface area contributed by atoms with E-state index >= 15 is 0 Å². The lowest BCUT2D eigenvalue weighted by Crippen LogP contribution is -2.00. The van der Waals surface area contributed by atoms with Crippen LogP contribution in [0.3, 0.4) is 0 Å². The zero-order chi connectivity index (χ0) is 13.4. The van der Waals surface area contributed by atoms with E-state index in [4.69, 9.17) is 4.42 Å². The van der Waals surface area contributed by atoms with Gasteiger partial charge in [0.25, 0.3) is 0 Å². The topological polar surface area (TPSA) is 46.3 Å². The predicted molar refractivity (Wildman–Crippen MR) is 69.2 cm³/mol. The molecule has 1 aromatic carbocycles. The molecule has 0 saturated heterocycles. The molecule has 1 N–H and O–H groups in total. The Labute approximate surface area is 109 Å². The largest absolute Gasteiger partial charge is 0.458 e. The minimum atomic E-state index is -0.948. The maximum Gasteiger partial charge on any atom is 0.153 e. The molecule has 4 heteroatoms. The molecule has 0 radical (unpaired) electrons. The van der Waals surface area contributed by atoms with E-state index in [0.717, 1.165) is 5.56 Å². The lowest BCUT2D eigenvalue weighted by molar-refractivity contribution is 0.187. The van der Waals surface area contributed by atoms with Crippen LogP contribution in [0.25, 0.3) is 11.0 Å². The molecular formula is C15H12FNO2. The fourth-order valence-electron chi connectivity index (χ4n) is 1.96. The molecule has 0 amide bonds. The highest BCUT2D eigenvalue weighted by Crippen LogP contribution is 2.27. The molecule has 1 atom stereocenters. The van der Waals surface area contributed by atoms with Gasteiger partial charge < -0.3 is 9.52 Å². The zero-order valence-corrected chi connectivity index (χ0v) is 10.3. The van der Waals surface area contributed by atoms with Gasteiger partial charge in [0.1, 0.15) is 17.2 Å². The van der Waals surface area contributed by atoms with Crippen molar-refractivity contribution in [1.29, 1.82) is 0 Å². The van der Waals surface area contributed by atoms with Crippen molar-refractivity contribution in [3.05, 3.63) is 65.4 Å². The van der Waals surface area contributed by atoms with Crippen molar-refractivity contribution in [1.82, 2.24) is 4.98 Å². The summed E-state index contributed by atoms with van der Waals surface area (Å²) in [7, 11) is 0. The smallest absolute Gasteiger partial charge is 0.153 e. The lowest BCUT2D eigenvalue weighted by Gasteiger charge is -2.06. The summed E-state index contributed by atoms with van der Waals surface area (Å²) in [6.07, 6.45) is 0.733. The Balaban J connectivity index is 2.01. The van der Waals surface area contributed by atoms with Crippen molar-refractivity contribution >= 4 is 11.0 Å². The molecule has 3 aromatic rings. The van der Waals surface area contributed by atoms with E-state index in [-0.39, 0.29) is 5.82 Å². The summed E-state index contributed by atoms with van der Waals surface area (Å²) >= 11 is 0. The van der Waals surface area contributed by atoms with Crippen molar-refractivity contribution in [2.45, 2.75) is 13.0 Å². The maximum absolute atomic E-state index is 13.1. The molecule has 3 rings (SSSR count). The second-order valence-corrected chi connectivity index (χ2v) is 4.49. The van der Waals surface area contributed by atoms with Gasteiger partial charge in [-0.05, 0) is 42.8 Å². The third-order valence-electron chi connectivity index (χ3n) is 2.98. The van der Waals surface area contributed by atoms with E-state index in [2.05, 4.69) is 4.98 Å². The van der Waals surface area contributed by atoms with Crippen LogP contribution in [0.2, 0.25) is 0 Å². The number of aryl methyl sites for hydroxylation is 1. The summed E-state index contributed by atoms with van der Waals surface area (Å²) in [5.41, 5.74) is 2.07. The van der Waals surface area contributed by atoms with Gasteiger partial charge in [0, 0.05) is 11.6 Å². The maximum atomic E-state index is 13.1. The fourth-order valence-corrected chi connectivity index (χ4v) is 1.96. The lowest BCUT2D eigenvalue weighted by atomic mass is 10.1. The number of rotatable bonds is 2. The van der Waals surface area contributed by atoms with Gasteiger partial charge in [-0.1, -0.05) is 6.07 Å². The highest BCUT2D eigenvalue weighted by Gasteiger charge is 2.16. The van der Waals surface area contributed by atoms with E-state index in [9.17, 15) is 9.50 Å². The Kier molecular flexibility index (Phi) is 2.80. The minimum absolute atomic E-state index is 0.331. The molecule has 3 nitrogen and oxygen atoms in total. The van der Waals surface area contributed by atoms with Gasteiger partial charge >= 0.3 is 0 Å². The van der Waals surface area contributed by atoms with Crippen LogP contribution in [0.15, 0.2) is 47.0 Å². The molecule has 0 saturated carbocycles. The first-order valence-corrected chi connectivity index (χ1v) is 5.93. The Bertz CT molecular complexity index is 719. The predicted octanol–water partition coefficient (Wildman–Crippen LogP) is 3.36. The Morgan fingerprint density at radius 1 is 1.21 bits per heavy atom. The van der Waals surface area contributed by atoms with E-state index in [1.165, 1.54) is 12.1 Å². The SMILES string of the molecule is Cc1ccc(C(O)c2cc3cc(F)ccc3o2)nc1. The van der Waals surface area contributed by atoms with Crippen LogP contribution in [0, 0.1) is 12.7 Å². The average Bonchev–Trinajstić information content (AvgIpc) is 2.81. The summed E-state index contributed by atoms with van der Waals surface area (Å²) in [4.78, 5) is 4.16. The van der Waals surface area contributed by atoms with Crippen LogP contribution in [0.5, 0.6) is 0 Å². The summed E-state index contributed by atoms with van der Waals surface area (Å²) in [5, 5.41) is 10.8. The van der Waals surface area contributed by atoms with Gasteiger partial charge in [-0.3, -0.25) is 4.98 Å². The Morgan fingerprint density at radius 2 is 2.05 bits per heavy atom. The molecule has 0 aliphatic rings. The van der Waals surface area contributed by atoms with Gasteiger partial charge in [-0.25, -0.2) is 4.39 Å². The monoisotopic (exact) mass is 257 g/mol. The van der Waals surface area contributed by atoms with Gasteiger partial charge in [-0.15, -0.1) is 0 Å². The van der Waals surface area contributed by atoms with Crippen LogP contribution < -0.4 is 0 Å². The number of aliphatic hydroxyl groups is 1. The number of benzene rings is 1. The molecule has 0 fully saturated rings. The molecule has 0 aliphatic carbocycles. The van der Waals surface area contributed by atoms with Gasteiger partial charge in [0.15, 0.2) is 6.10 Å². The average molecular weight is 257 g/mol. The molecule has 19 heavy (non-hydrogen) atoms. The van der Waals surface area contributed by atoms with Crippen molar-refractivity contribution in [3.8, 4) is 0 Å². The van der Waals surface area contributed by atoms with Gasteiger partial charge in [0.2, 0.25) is 0 Å². The molecule has 0 bridgehead atoms. The van der Waals surface area contributed by atoms with Crippen LogP contribution in [0.4, 0.5) is 4.39 Å². The first kappa shape index (κ1) is 11.9. The van der Waals surface area contributed by atoms with Crippen molar-refractivity contribution < 1.29 is 13.9 Å².